The van der Waals surface area contributed by atoms with Gasteiger partial charge >= 0.3 is 11.9 Å². The van der Waals surface area contributed by atoms with Gasteiger partial charge in [0.15, 0.2) is 0 Å². The molecule has 0 fully saturated rings. The van der Waals surface area contributed by atoms with Crippen LogP contribution in [0.2, 0.25) is 0 Å². The minimum Gasteiger partial charge on any atom is -0.427 e. The molecule has 235 valence electrons. The maximum absolute atomic E-state index is 13.0. The molecule has 0 bridgehead atoms. The van der Waals surface area contributed by atoms with E-state index in [1.54, 1.807) is 78.9 Å². The van der Waals surface area contributed by atoms with Crippen LogP contribution in [-0.4, -0.2) is 29.8 Å². The van der Waals surface area contributed by atoms with Gasteiger partial charge in [0.1, 0.15) is 24.1 Å². The number of carbonyl (C=O) groups excluding carboxylic acids is 3. The van der Waals surface area contributed by atoms with Crippen LogP contribution in [0.15, 0.2) is 78.9 Å². The van der Waals surface area contributed by atoms with Crippen LogP contribution in [0.4, 0.5) is 0 Å². The number of benzene rings is 3. The lowest BCUT2D eigenvalue weighted by molar-refractivity contribution is -0.135. The average molecular weight is 621 g/mol. The van der Waals surface area contributed by atoms with Gasteiger partial charge in [-0.05, 0) is 60.4 Å². The summed E-state index contributed by atoms with van der Waals surface area (Å²) in [5.41, 5.74) is 1.77. The summed E-state index contributed by atoms with van der Waals surface area (Å²) >= 11 is 6.47. The van der Waals surface area contributed by atoms with Gasteiger partial charge in [-0.25, -0.2) is 9.90 Å². The predicted molar refractivity (Wildman–Crippen MR) is 172 cm³/mol. The molecular weight excluding hydrogens is 578 g/mol. The number of hydrogen-bond acceptors (Lipinski definition) is 5. The lowest BCUT2D eigenvalue weighted by Crippen LogP contribution is -2.31. The van der Waals surface area contributed by atoms with Crippen molar-refractivity contribution in [3.63, 3.8) is 0 Å². The van der Waals surface area contributed by atoms with Crippen molar-refractivity contribution in [2.75, 3.05) is 6.54 Å². The minimum atomic E-state index is -1.19. The molecule has 1 amide bonds. The summed E-state index contributed by atoms with van der Waals surface area (Å²) in [5.74, 6) is -0.494. The van der Waals surface area contributed by atoms with Gasteiger partial charge in [0.25, 0.3) is 5.91 Å². The molecule has 0 aliphatic carbocycles. The van der Waals surface area contributed by atoms with E-state index >= 15 is 0 Å². The summed E-state index contributed by atoms with van der Waals surface area (Å²) in [6.45, 7) is 1.95. The maximum Gasteiger partial charge on any atom is 0.330 e. The number of carbonyl (C=O) groups is 3. The normalized spacial score (nSPS) is 12.2. The third-order valence-electron chi connectivity index (χ3n) is 7.27. The number of hydrogen-bond donors (Lipinski definition) is 1. The van der Waals surface area contributed by atoms with Crippen molar-refractivity contribution in [2.45, 2.75) is 89.0 Å². The highest BCUT2D eigenvalue weighted by Gasteiger charge is 2.21. The zero-order valence-corrected chi connectivity index (χ0v) is 26.2. The molecule has 0 aromatic heterocycles. The summed E-state index contributed by atoms with van der Waals surface area (Å²) < 4.78 is 10.7. The third kappa shape index (κ3) is 12.9. The lowest BCUT2D eigenvalue weighted by Gasteiger charge is -2.16. The SMILES string of the molecule is CCCCCCCCCCCC(=O)Oc1ccc(C([O])C(Cl)Cc2ccc(OC(=O)CNC(=O)c3ccccc3)cc2)cc1. The lowest BCUT2D eigenvalue weighted by atomic mass is 10.0. The molecule has 44 heavy (non-hydrogen) atoms. The van der Waals surface area contributed by atoms with E-state index in [4.69, 9.17) is 21.1 Å². The molecule has 0 saturated carbocycles. The zero-order chi connectivity index (χ0) is 31.6. The maximum atomic E-state index is 13.0. The average Bonchev–Trinajstić information content (AvgIpc) is 3.04. The quantitative estimate of drug-likeness (QED) is 0.0630. The second-order valence-electron chi connectivity index (χ2n) is 10.9. The largest absolute Gasteiger partial charge is 0.427 e. The van der Waals surface area contributed by atoms with E-state index in [1.165, 1.54) is 38.5 Å². The van der Waals surface area contributed by atoms with Crippen molar-refractivity contribution < 1.29 is 29.0 Å². The Bertz CT molecular complexity index is 1280. The van der Waals surface area contributed by atoms with Crippen molar-refractivity contribution in [1.82, 2.24) is 5.32 Å². The van der Waals surface area contributed by atoms with Crippen LogP contribution < -0.4 is 14.8 Å². The fraction of sp³-hybridized carbons (Fsp3) is 0.417. The molecule has 1 radical (unpaired) electrons. The van der Waals surface area contributed by atoms with Gasteiger partial charge < -0.3 is 14.8 Å². The van der Waals surface area contributed by atoms with Crippen LogP contribution in [0.25, 0.3) is 0 Å². The van der Waals surface area contributed by atoms with Crippen LogP contribution >= 0.6 is 11.6 Å². The highest BCUT2D eigenvalue weighted by molar-refractivity contribution is 6.21. The molecule has 3 aromatic rings. The first-order valence-electron chi connectivity index (χ1n) is 15.6. The van der Waals surface area contributed by atoms with Gasteiger partial charge in [-0.2, -0.15) is 0 Å². The van der Waals surface area contributed by atoms with E-state index in [2.05, 4.69) is 12.2 Å². The van der Waals surface area contributed by atoms with Crippen LogP contribution in [0.5, 0.6) is 11.5 Å². The van der Waals surface area contributed by atoms with Crippen LogP contribution in [0.3, 0.4) is 0 Å². The monoisotopic (exact) mass is 620 g/mol. The Morgan fingerprint density at radius 1 is 0.705 bits per heavy atom. The summed E-state index contributed by atoms with van der Waals surface area (Å²) in [5, 5.41) is 14.8. The number of nitrogens with one attached hydrogen (secondary N) is 1. The fourth-order valence-electron chi connectivity index (χ4n) is 4.73. The van der Waals surface area contributed by atoms with Crippen LogP contribution in [0, 0.1) is 0 Å². The number of unbranched alkanes of at least 4 members (excludes halogenated alkanes) is 8. The van der Waals surface area contributed by atoms with Gasteiger partial charge in [0.05, 0.1) is 5.38 Å². The van der Waals surface area contributed by atoms with Gasteiger partial charge in [-0.1, -0.05) is 101 Å². The van der Waals surface area contributed by atoms with Gasteiger partial charge in [-0.15, -0.1) is 11.6 Å². The first-order valence-corrected chi connectivity index (χ1v) is 16.0. The number of alkyl halides is 1. The first kappa shape index (κ1) is 34.8. The molecule has 3 rings (SSSR count). The molecule has 0 spiro atoms. The molecule has 7 nitrogen and oxygen atoms in total. The number of esters is 2. The molecule has 3 aromatic carbocycles. The Morgan fingerprint density at radius 2 is 1.25 bits per heavy atom. The van der Waals surface area contributed by atoms with Crippen molar-refractivity contribution in [3.05, 3.63) is 95.6 Å². The highest BCUT2D eigenvalue weighted by atomic mass is 35.5. The number of amides is 1. The molecule has 2 unspecified atom stereocenters. The Morgan fingerprint density at radius 3 is 1.86 bits per heavy atom. The van der Waals surface area contributed by atoms with Crippen molar-refractivity contribution in [3.8, 4) is 11.5 Å². The summed E-state index contributed by atoms with van der Waals surface area (Å²) in [4.78, 5) is 36.4. The third-order valence-corrected chi connectivity index (χ3v) is 7.65. The second-order valence-corrected chi connectivity index (χ2v) is 11.5. The van der Waals surface area contributed by atoms with Gasteiger partial charge in [-0.3, -0.25) is 9.59 Å². The Hall–Kier alpha value is -3.68. The van der Waals surface area contributed by atoms with Gasteiger partial charge in [0, 0.05) is 12.0 Å². The van der Waals surface area contributed by atoms with Crippen LogP contribution in [-0.2, 0) is 21.1 Å². The number of rotatable bonds is 19. The zero-order valence-electron chi connectivity index (χ0n) is 25.5. The summed E-state index contributed by atoms with van der Waals surface area (Å²) in [6.07, 6.45) is 10.2. The Kier molecular flexibility index (Phi) is 15.5. The Labute approximate surface area is 265 Å². The van der Waals surface area contributed by atoms with E-state index in [0.29, 0.717) is 35.5 Å². The molecule has 0 aliphatic rings. The predicted octanol–water partition coefficient (Wildman–Crippen LogP) is 8.17. The number of ether oxygens (including phenoxy) is 2. The van der Waals surface area contributed by atoms with Crippen molar-refractivity contribution in [1.29, 1.82) is 0 Å². The number of halogens is 1. The summed E-state index contributed by atoms with van der Waals surface area (Å²) in [7, 11) is 0. The van der Waals surface area contributed by atoms with Gasteiger partial charge in [0.2, 0.25) is 0 Å². The van der Waals surface area contributed by atoms with Crippen molar-refractivity contribution in [2.24, 2.45) is 0 Å². The fourth-order valence-corrected chi connectivity index (χ4v) is 5.06. The van der Waals surface area contributed by atoms with E-state index in [0.717, 1.165) is 24.8 Å². The summed E-state index contributed by atoms with van der Waals surface area (Å²) in [6, 6.07) is 21.9. The molecular formula is C36H43ClNO6. The smallest absolute Gasteiger partial charge is 0.330 e. The first-order chi connectivity index (χ1) is 21.4. The molecule has 2 atom stereocenters. The van der Waals surface area contributed by atoms with E-state index < -0.39 is 17.5 Å². The van der Waals surface area contributed by atoms with E-state index in [-0.39, 0.29) is 18.4 Å². The highest BCUT2D eigenvalue weighted by Crippen LogP contribution is 2.27. The van der Waals surface area contributed by atoms with E-state index in [9.17, 15) is 19.5 Å². The molecule has 8 heteroatoms. The Balaban J connectivity index is 1.35. The van der Waals surface area contributed by atoms with Crippen molar-refractivity contribution >= 4 is 29.4 Å². The molecule has 0 saturated heterocycles. The molecule has 0 aliphatic heterocycles. The molecule has 0 heterocycles. The minimum absolute atomic E-state index is 0.263. The molecule has 1 N–H and O–H groups in total. The van der Waals surface area contributed by atoms with Crippen LogP contribution in [0.1, 0.15) is 98.7 Å². The topological polar surface area (TPSA) is 102 Å². The second kappa shape index (κ2) is 19.6. The standard InChI is InChI=1S/C36H43ClNO6/c1-2-3-4-5-6-7-8-9-13-16-33(39)43-31-23-19-28(20-24-31)35(41)32(37)25-27-17-21-30(22-18-27)44-34(40)26-38-36(42)29-14-11-10-12-15-29/h10-12,14-15,17-24,32,35H,2-9,13,16,25-26H2,1H3,(H,38,42). The van der Waals surface area contributed by atoms with E-state index in [1.807, 2.05) is 0 Å².